The van der Waals surface area contributed by atoms with Gasteiger partial charge in [0.05, 0.1) is 0 Å². The molecule has 1 heterocycles. The second kappa shape index (κ2) is 5.78. The van der Waals surface area contributed by atoms with E-state index in [4.69, 9.17) is 0 Å². The van der Waals surface area contributed by atoms with Crippen LogP contribution in [0.3, 0.4) is 0 Å². The van der Waals surface area contributed by atoms with Crippen LogP contribution in [-0.2, 0) is 6.54 Å². The summed E-state index contributed by atoms with van der Waals surface area (Å²) in [4.78, 5) is 1.44. The lowest BCUT2D eigenvalue weighted by molar-refractivity contribution is 0.582. The van der Waals surface area contributed by atoms with Gasteiger partial charge in [-0.05, 0) is 47.2 Å². The topological polar surface area (TPSA) is 12.0 Å². The van der Waals surface area contributed by atoms with Crippen LogP contribution in [0.2, 0.25) is 0 Å². The molecule has 1 atom stereocenters. The van der Waals surface area contributed by atoms with Gasteiger partial charge < -0.3 is 5.32 Å². The third-order valence-electron chi connectivity index (χ3n) is 3.77. The Kier molecular flexibility index (Phi) is 3.86. The first kappa shape index (κ1) is 13.3. The Hall–Kier alpha value is -1.64. The van der Waals surface area contributed by atoms with Gasteiger partial charge in [0.15, 0.2) is 0 Å². The Morgan fingerprint density at radius 2 is 1.85 bits per heavy atom. The van der Waals surface area contributed by atoms with Crippen LogP contribution in [0.15, 0.2) is 53.9 Å². The summed E-state index contributed by atoms with van der Waals surface area (Å²) < 4.78 is 0. The van der Waals surface area contributed by atoms with Gasteiger partial charge in [-0.1, -0.05) is 42.5 Å². The predicted molar refractivity (Wildman–Crippen MR) is 88.3 cm³/mol. The molecular weight excluding hydrogens is 262 g/mol. The fourth-order valence-electron chi connectivity index (χ4n) is 2.63. The molecule has 2 heteroatoms. The first-order valence-corrected chi connectivity index (χ1v) is 7.87. The molecule has 0 aliphatic heterocycles. The van der Waals surface area contributed by atoms with Gasteiger partial charge in [-0.15, -0.1) is 11.3 Å². The van der Waals surface area contributed by atoms with Crippen LogP contribution in [0, 0.1) is 6.92 Å². The minimum absolute atomic E-state index is 0.397. The Morgan fingerprint density at radius 3 is 2.65 bits per heavy atom. The molecule has 1 aromatic heterocycles. The number of thiophene rings is 1. The fraction of sp³-hybridized carbons (Fsp3) is 0.222. The molecule has 0 aliphatic carbocycles. The first-order valence-electron chi connectivity index (χ1n) is 7.00. The van der Waals surface area contributed by atoms with Gasteiger partial charge in [0.2, 0.25) is 0 Å². The lowest BCUT2D eigenvalue weighted by Gasteiger charge is -2.14. The maximum absolute atomic E-state index is 3.64. The molecular formula is C18H19NS. The van der Waals surface area contributed by atoms with Crippen molar-refractivity contribution in [1.82, 2.24) is 5.32 Å². The lowest BCUT2D eigenvalue weighted by atomic mass is 10.0. The van der Waals surface area contributed by atoms with E-state index >= 15 is 0 Å². The van der Waals surface area contributed by atoms with Crippen molar-refractivity contribution in [2.75, 3.05) is 0 Å². The van der Waals surface area contributed by atoms with Crippen molar-refractivity contribution in [3.8, 4) is 0 Å². The molecule has 102 valence electrons. The molecule has 1 N–H and O–H groups in total. The van der Waals surface area contributed by atoms with Crippen molar-refractivity contribution in [1.29, 1.82) is 0 Å². The quantitative estimate of drug-likeness (QED) is 0.704. The van der Waals surface area contributed by atoms with E-state index in [2.05, 4.69) is 73.1 Å². The number of hydrogen-bond donors (Lipinski definition) is 1. The summed E-state index contributed by atoms with van der Waals surface area (Å²) in [6.07, 6.45) is 0. The summed E-state index contributed by atoms with van der Waals surface area (Å²) in [7, 11) is 0. The van der Waals surface area contributed by atoms with Gasteiger partial charge in [0.1, 0.15) is 0 Å². The van der Waals surface area contributed by atoms with Gasteiger partial charge in [-0.3, -0.25) is 0 Å². The highest BCUT2D eigenvalue weighted by molar-refractivity contribution is 7.10. The van der Waals surface area contributed by atoms with Crippen LogP contribution in [0.1, 0.15) is 29.0 Å². The van der Waals surface area contributed by atoms with Crippen LogP contribution < -0.4 is 5.32 Å². The second-order valence-corrected chi connectivity index (χ2v) is 6.16. The average Bonchev–Trinajstić information content (AvgIpc) is 2.91. The van der Waals surface area contributed by atoms with Gasteiger partial charge in [0.25, 0.3) is 0 Å². The molecule has 0 spiro atoms. The molecule has 1 nitrogen and oxygen atoms in total. The summed E-state index contributed by atoms with van der Waals surface area (Å²) in [5, 5.41) is 8.47. The Bertz CT molecular complexity index is 709. The smallest absolute Gasteiger partial charge is 0.0391 e. The highest BCUT2D eigenvalue weighted by atomic mass is 32.1. The van der Waals surface area contributed by atoms with Crippen molar-refractivity contribution in [3.05, 3.63) is 69.9 Å². The largest absolute Gasteiger partial charge is 0.305 e. The molecule has 0 aliphatic rings. The van der Waals surface area contributed by atoms with Crippen LogP contribution in [-0.4, -0.2) is 0 Å². The third-order valence-corrected chi connectivity index (χ3v) is 4.98. The molecule has 20 heavy (non-hydrogen) atoms. The third kappa shape index (κ3) is 2.62. The van der Waals surface area contributed by atoms with E-state index in [0.29, 0.717) is 6.04 Å². The average molecular weight is 281 g/mol. The zero-order valence-corrected chi connectivity index (χ0v) is 12.7. The molecule has 1 unspecified atom stereocenters. The number of rotatable bonds is 4. The normalized spacial score (nSPS) is 12.7. The first-order chi connectivity index (χ1) is 9.75. The number of aryl methyl sites for hydroxylation is 1. The maximum atomic E-state index is 3.64. The summed E-state index contributed by atoms with van der Waals surface area (Å²) in [5.41, 5.74) is 2.75. The van der Waals surface area contributed by atoms with Crippen LogP contribution in [0.4, 0.5) is 0 Å². The monoisotopic (exact) mass is 281 g/mol. The van der Waals surface area contributed by atoms with E-state index in [-0.39, 0.29) is 0 Å². The van der Waals surface area contributed by atoms with E-state index in [0.717, 1.165) is 6.54 Å². The van der Waals surface area contributed by atoms with Crippen molar-refractivity contribution in [2.24, 2.45) is 0 Å². The Labute approximate surface area is 124 Å². The Morgan fingerprint density at radius 1 is 1.05 bits per heavy atom. The van der Waals surface area contributed by atoms with E-state index < -0.39 is 0 Å². The highest BCUT2D eigenvalue weighted by Gasteiger charge is 2.09. The van der Waals surface area contributed by atoms with Crippen molar-refractivity contribution >= 4 is 22.1 Å². The highest BCUT2D eigenvalue weighted by Crippen LogP contribution is 2.24. The fourth-order valence-corrected chi connectivity index (χ4v) is 3.59. The Balaban J connectivity index is 1.79. The van der Waals surface area contributed by atoms with Crippen molar-refractivity contribution < 1.29 is 0 Å². The van der Waals surface area contributed by atoms with Gasteiger partial charge in [-0.25, -0.2) is 0 Å². The summed E-state index contributed by atoms with van der Waals surface area (Å²) in [6.45, 7) is 5.33. The van der Waals surface area contributed by atoms with Crippen LogP contribution in [0.25, 0.3) is 10.8 Å². The van der Waals surface area contributed by atoms with E-state index in [1.54, 1.807) is 0 Å². The SMILES string of the molecule is Cc1ccsc1C(C)NCc1cccc2ccccc12. The number of hydrogen-bond acceptors (Lipinski definition) is 2. The molecule has 0 bridgehead atoms. The summed E-state index contributed by atoms with van der Waals surface area (Å²) in [5.74, 6) is 0. The van der Waals surface area contributed by atoms with Gasteiger partial charge >= 0.3 is 0 Å². The zero-order chi connectivity index (χ0) is 13.9. The molecule has 0 saturated heterocycles. The minimum atomic E-state index is 0.397. The molecule has 0 amide bonds. The molecule has 0 fully saturated rings. The predicted octanol–water partition coefficient (Wildman–Crippen LogP) is 5.06. The zero-order valence-electron chi connectivity index (χ0n) is 11.9. The summed E-state index contributed by atoms with van der Waals surface area (Å²) in [6, 6.07) is 17.7. The van der Waals surface area contributed by atoms with Crippen LogP contribution >= 0.6 is 11.3 Å². The van der Waals surface area contributed by atoms with Crippen molar-refractivity contribution in [2.45, 2.75) is 26.4 Å². The van der Waals surface area contributed by atoms with E-state index in [1.165, 1.54) is 26.8 Å². The number of nitrogens with one attached hydrogen (secondary N) is 1. The molecule has 0 radical (unpaired) electrons. The number of fused-ring (bicyclic) bond motifs is 1. The van der Waals surface area contributed by atoms with Crippen LogP contribution in [0.5, 0.6) is 0 Å². The van der Waals surface area contributed by atoms with Crippen molar-refractivity contribution in [3.63, 3.8) is 0 Å². The summed E-state index contributed by atoms with van der Waals surface area (Å²) >= 11 is 1.83. The minimum Gasteiger partial charge on any atom is -0.305 e. The molecule has 2 aromatic carbocycles. The molecule has 3 aromatic rings. The van der Waals surface area contributed by atoms with E-state index in [1.807, 2.05) is 11.3 Å². The molecule has 3 rings (SSSR count). The maximum Gasteiger partial charge on any atom is 0.0391 e. The molecule has 0 saturated carbocycles. The van der Waals surface area contributed by atoms with Gasteiger partial charge in [-0.2, -0.15) is 0 Å². The number of benzene rings is 2. The second-order valence-electron chi connectivity index (χ2n) is 5.21. The lowest BCUT2D eigenvalue weighted by Crippen LogP contribution is -2.17. The van der Waals surface area contributed by atoms with E-state index in [9.17, 15) is 0 Å². The van der Waals surface area contributed by atoms with Gasteiger partial charge in [0, 0.05) is 17.5 Å². The standard InChI is InChI=1S/C18H19NS/c1-13-10-11-20-18(13)14(2)19-12-16-8-5-7-15-6-3-4-9-17(15)16/h3-11,14,19H,12H2,1-2H3.